The number of hydrogen-bond acceptors (Lipinski definition) is 7. The second-order valence-electron chi connectivity index (χ2n) is 14.9. The quantitative estimate of drug-likeness (QED) is 0.0381. The van der Waals surface area contributed by atoms with Crippen molar-refractivity contribution in [2.45, 2.75) is 200 Å². The zero-order chi connectivity index (χ0) is 37.9. The molecule has 0 fully saturated rings. The Morgan fingerprint density at radius 3 is 1.35 bits per heavy atom. The topological polar surface area (TPSA) is 71.1 Å². The van der Waals surface area contributed by atoms with E-state index in [0.717, 1.165) is 62.9 Å². The van der Waals surface area contributed by atoms with Crippen LogP contribution in [0.1, 0.15) is 195 Å². The van der Waals surface area contributed by atoms with Crippen LogP contribution in [-0.2, 0) is 19.1 Å². The van der Waals surface area contributed by atoms with E-state index in [0.29, 0.717) is 51.1 Å². The van der Waals surface area contributed by atoms with E-state index in [-0.39, 0.29) is 11.9 Å². The largest absolute Gasteiger partial charge is 0.490 e. The summed E-state index contributed by atoms with van der Waals surface area (Å²) in [7, 11) is 0. The average Bonchev–Trinajstić information content (AvgIpc) is 3.16. The molecule has 0 aliphatic rings. The van der Waals surface area contributed by atoms with E-state index in [9.17, 15) is 9.59 Å². The van der Waals surface area contributed by atoms with Gasteiger partial charge in [0, 0.05) is 17.7 Å². The van der Waals surface area contributed by atoms with E-state index >= 15 is 0 Å². The zero-order valence-electron chi connectivity index (χ0n) is 34.5. The summed E-state index contributed by atoms with van der Waals surface area (Å²) in [6, 6.07) is 6.28. The zero-order valence-corrected chi connectivity index (χ0v) is 35.3. The summed E-state index contributed by atoms with van der Waals surface area (Å²) in [6.07, 6.45) is 30.9. The molecule has 7 heteroatoms. The van der Waals surface area contributed by atoms with Crippen LogP contribution in [0.25, 0.3) is 0 Å². The molecule has 0 aromatic heterocycles. The lowest BCUT2D eigenvalue weighted by molar-refractivity contribution is -0.146. The van der Waals surface area contributed by atoms with Crippen LogP contribution in [0.2, 0.25) is 0 Å². The third kappa shape index (κ3) is 26.8. The lowest BCUT2D eigenvalue weighted by Gasteiger charge is -2.14. The maximum absolute atomic E-state index is 12.1. The summed E-state index contributed by atoms with van der Waals surface area (Å²) >= 11 is 1.73. The van der Waals surface area contributed by atoms with Crippen molar-refractivity contribution in [1.29, 1.82) is 0 Å². The maximum Gasteiger partial charge on any atom is 0.305 e. The first-order chi connectivity index (χ1) is 25.5. The maximum atomic E-state index is 12.1. The predicted octanol–water partition coefficient (Wildman–Crippen LogP) is 13.7. The van der Waals surface area contributed by atoms with Crippen LogP contribution in [0.4, 0.5) is 0 Å². The minimum atomic E-state index is -0.0179. The first kappa shape index (κ1) is 48.1. The van der Waals surface area contributed by atoms with Crippen LogP contribution in [0.3, 0.4) is 0 Å². The van der Waals surface area contributed by atoms with Gasteiger partial charge in [0.05, 0.1) is 26.4 Å². The van der Waals surface area contributed by atoms with Crippen LogP contribution >= 0.6 is 11.8 Å². The van der Waals surface area contributed by atoms with Gasteiger partial charge in [-0.2, -0.15) is 0 Å². The first-order valence-corrected chi connectivity index (χ1v) is 22.9. The van der Waals surface area contributed by atoms with Crippen molar-refractivity contribution in [1.82, 2.24) is 0 Å². The highest BCUT2D eigenvalue weighted by Gasteiger charge is 2.12. The SMILES string of the molecule is CCCCC(CC)COC(=O)CCCCCCCCCCOc1ccc(SC)cc1OCCCCCCCCCCC(=O)OCC(CC)CCCC. The molecule has 0 amide bonds. The van der Waals surface area contributed by atoms with Crippen LogP contribution in [0.5, 0.6) is 11.5 Å². The van der Waals surface area contributed by atoms with E-state index in [4.69, 9.17) is 18.9 Å². The van der Waals surface area contributed by atoms with E-state index in [1.54, 1.807) is 11.8 Å². The summed E-state index contributed by atoms with van der Waals surface area (Å²) in [5, 5.41) is 0. The molecule has 0 saturated carbocycles. The number of thioether (sulfide) groups is 1. The van der Waals surface area contributed by atoms with Crippen molar-refractivity contribution in [3.05, 3.63) is 18.2 Å². The van der Waals surface area contributed by atoms with Crippen molar-refractivity contribution >= 4 is 23.7 Å². The first-order valence-electron chi connectivity index (χ1n) is 21.7. The summed E-state index contributed by atoms with van der Waals surface area (Å²) in [5.74, 6) is 2.73. The Bertz CT molecular complexity index is 985. The number of unbranched alkanes of at least 4 members (excludes halogenated alkanes) is 16. The molecule has 0 bridgehead atoms. The number of rotatable bonds is 37. The Morgan fingerprint density at radius 1 is 0.538 bits per heavy atom. The molecule has 1 aromatic carbocycles. The average molecular weight is 749 g/mol. The molecule has 1 rings (SSSR count). The second-order valence-corrected chi connectivity index (χ2v) is 15.7. The highest BCUT2D eigenvalue weighted by atomic mass is 32.2. The van der Waals surface area contributed by atoms with E-state index in [1.165, 1.54) is 108 Å². The Balaban J connectivity index is 2.07. The molecule has 2 atom stereocenters. The molecule has 0 spiro atoms. The minimum absolute atomic E-state index is 0.0178. The lowest BCUT2D eigenvalue weighted by Crippen LogP contribution is -2.13. The molecule has 0 N–H and O–H groups in total. The van der Waals surface area contributed by atoms with Gasteiger partial charge in [0.2, 0.25) is 0 Å². The van der Waals surface area contributed by atoms with Gasteiger partial charge in [-0.3, -0.25) is 9.59 Å². The second kappa shape index (κ2) is 34.9. The Morgan fingerprint density at radius 2 is 0.942 bits per heavy atom. The van der Waals surface area contributed by atoms with E-state index in [2.05, 4.69) is 52.1 Å². The summed E-state index contributed by atoms with van der Waals surface area (Å²) in [6.45, 7) is 11.4. The summed E-state index contributed by atoms with van der Waals surface area (Å²) in [4.78, 5) is 25.3. The summed E-state index contributed by atoms with van der Waals surface area (Å²) in [5.41, 5.74) is 0. The molecule has 0 heterocycles. The Labute approximate surface area is 325 Å². The van der Waals surface area contributed by atoms with Gasteiger partial charge in [0.1, 0.15) is 0 Å². The van der Waals surface area contributed by atoms with Gasteiger partial charge in [-0.1, -0.05) is 143 Å². The fourth-order valence-corrected chi connectivity index (χ4v) is 6.87. The molecule has 302 valence electrons. The fraction of sp³-hybridized carbons (Fsp3) is 0.822. The third-order valence-corrected chi connectivity index (χ3v) is 11.0. The normalized spacial score (nSPS) is 12.4. The van der Waals surface area contributed by atoms with Crippen molar-refractivity contribution in [3.63, 3.8) is 0 Å². The molecule has 0 aliphatic heterocycles. The van der Waals surface area contributed by atoms with Gasteiger partial charge >= 0.3 is 11.9 Å². The number of carbonyl (C=O) groups is 2. The lowest BCUT2D eigenvalue weighted by atomic mass is 10.0. The Kier molecular flexibility index (Phi) is 32.3. The molecule has 52 heavy (non-hydrogen) atoms. The Hall–Kier alpha value is -1.89. The minimum Gasteiger partial charge on any atom is -0.490 e. The molecule has 2 unspecified atom stereocenters. The fourth-order valence-electron chi connectivity index (χ4n) is 6.44. The highest BCUT2D eigenvalue weighted by molar-refractivity contribution is 7.98. The third-order valence-electron chi connectivity index (χ3n) is 10.3. The molecule has 6 nitrogen and oxygen atoms in total. The number of benzene rings is 1. The smallest absolute Gasteiger partial charge is 0.305 e. The number of carbonyl (C=O) groups excluding carboxylic acids is 2. The number of hydrogen-bond donors (Lipinski definition) is 0. The van der Waals surface area contributed by atoms with Crippen molar-refractivity contribution in [3.8, 4) is 11.5 Å². The van der Waals surface area contributed by atoms with Crippen LogP contribution in [0, 0.1) is 11.8 Å². The van der Waals surface area contributed by atoms with Crippen LogP contribution in [-0.4, -0.2) is 44.6 Å². The molecule has 0 radical (unpaired) electrons. The van der Waals surface area contributed by atoms with E-state index < -0.39 is 0 Å². The van der Waals surface area contributed by atoms with Gasteiger partial charge in [0.25, 0.3) is 0 Å². The van der Waals surface area contributed by atoms with Gasteiger partial charge in [0.15, 0.2) is 11.5 Å². The van der Waals surface area contributed by atoms with Crippen molar-refractivity contribution in [2.75, 3.05) is 32.7 Å². The monoisotopic (exact) mass is 749 g/mol. The molecule has 1 aromatic rings. The molecule has 0 saturated heterocycles. The molecular weight excluding hydrogens is 669 g/mol. The van der Waals surface area contributed by atoms with Crippen molar-refractivity contribution in [2.24, 2.45) is 11.8 Å². The van der Waals surface area contributed by atoms with Gasteiger partial charge < -0.3 is 18.9 Å². The molecule has 0 aliphatic carbocycles. The van der Waals surface area contributed by atoms with Crippen molar-refractivity contribution < 1.29 is 28.5 Å². The standard InChI is InChI=1S/C45H80O6S/c1-6-10-28-39(8-3)37-50-44(46)30-24-20-16-12-14-18-22-26-34-48-42-33-32-41(52-5)36-43(42)49-35-27-23-19-15-13-17-21-25-31-45(47)51-38-40(9-4)29-11-7-2/h32-33,36,39-40H,6-31,34-35,37-38H2,1-5H3. The van der Waals surface area contributed by atoms with Gasteiger partial charge in [-0.15, -0.1) is 11.8 Å². The van der Waals surface area contributed by atoms with Crippen LogP contribution < -0.4 is 9.47 Å². The number of esters is 2. The van der Waals surface area contributed by atoms with E-state index in [1.807, 2.05) is 0 Å². The number of ether oxygens (including phenoxy) is 4. The van der Waals surface area contributed by atoms with Gasteiger partial charge in [-0.05, 0) is 74.8 Å². The predicted molar refractivity (Wildman–Crippen MR) is 221 cm³/mol. The van der Waals surface area contributed by atoms with Gasteiger partial charge in [-0.25, -0.2) is 0 Å². The summed E-state index contributed by atoms with van der Waals surface area (Å²) < 4.78 is 23.4. The highest BCUT2D eigenvalue weighted by Crippen LogP contribution is 2.32. The molecular formula is C45H80O6S. The van der Waals surface area contributed by atoms with Crippen LogP contribution in [0.15, 0.2) is 23.1 Å².